The molecule has 2 N–H and O–H groups in total. The maximum absolute atomic E-state index is 11.3. The van der Waals surface area contributed by atoms with Gasteiger partial charge in [-0.2, -0.15) is 0 Å². The van der Waals surface area contributed by atoms with E-state index >= 15 is 0 Å². The Balaban J connectivity index is 0.000000245. The summed E-state index contributed by atoms with van der Waals surface area (Å²) in [6.07, 6.45) is 29.0. The van der Waals surface area contributed by atoms with Crippen molar-refractivity contribution in [3.05, 3.63) is 37.0 Å². The number of hydrogen-bond acceptors (Lipinski definition) is 4. The molecule has 47 heavy (non-hydrogen) atoms. The van der Waals surface area contributed by atoms with Crippen molar-refractivity contribution < 1.29 is 29.3 Å². The Morgan fingerprint density at radius 1 is 0.723 bits per heavy atom. The molecule has 4 aliphatic carbocycles. The lowest BCUT2D eigenvalue weighted by molar-refractivity contribution is -0.150. The highest BCUT2D eigenvalue weighted by Gasteiger charge is 2.63. The first-order chi connectivity index (χ1) is 22.1. The smallest absolute Gasteiger partial charge is 0.330 e. The molecule has 6 unspecified atom stereocenters. The van der Waals surface area contributed by atoms with Crippen LogP contribution in [0.4, 0.5) is 0 Å². The van der Waals surface area contributed by atoms with Crippen LogP contribution in [0.5, 0.6) is 0 Å². The first-order valence-electron chi connectivity index (χ1n) is 18.7. The second-order valence-corrected chi connectivity index (χ2v) is 16.4. The number of fused-ring (bicyclic) bond motifs is 4. The van der Waals surface area contributed by atoms with Crippen LogP contribution < -0.4 is 0 Å². The molecule has 4 bridgehead atoms. The number of carbonyl (C=O) groups is 3. The Morgan fingerprint density at radius 3 is 1.62 bits per heavy atom. The average Bonchev–Trinajstić information content (AvgIpc) is 3.53. The molecule has 0 heterocycles. The van der Waals surface area contributed by atoms with E-state index in [9.17, 15) is 14.4 Å². The molecule has 6 atom stereocenters. The van der Waals surface area contributed by atoms with Crippen LogP contribution in [0.2, 0.25) is 0 Å². The molecule has 6 nitrogen and oxygen atoms in total. The molecular weight excluding hydrogens is 588 g/mol. The summed E-state index contributed by atoms with van der Waals surface area (Å²) in [7, 11) is 0. The number of allylic oxidation sites excluding steroid dienone is 2. The van der Waals surface area contributed by atoms with Gasteiger partial charge in [0.05, 0.1) is 0 Å². The Morgan fingerprint density at radius 2 is 1.21 bits per heavy atom. The van der Waals surface area contributed by atoms with Crippen LogP contribution in [0, 0.1) is 39.4 Å². The summed E-state index contributed by atoms with van der Waals surface area (Å²) in [5.41, 5.74) is 1.15. The minimum atomic E-state index is -0.836. The van der Waals surface area contributed by atoms with E-state index in [1.807, 2.05) is 6.08 Å². The zero-order chi connectivity index (χ0) is 35.3. The third kappa shape index (κ3) is 10.6. The van der Waals surface area contributed by atoms with Gasteiger partial charge in [-0.1, -0.05) is 125 Å². The molecule has 0 aromatic rings. The lowest BCUT2D eigenvalue weighted by Gasteiger charge is -2.38. The number of carboxylic acids is 2. The lowest BCUT2D eigenvalue weighted by atomic mass is 9.67. The second kappa shape index (κ2) is 18.4. The fourth-order valence-corrected chi connectivity index (χ4v) is 9.19. The molecule has 0 saturated heterocycles. The molecule has 268 valence electrons. The predicted molar refractivity (Wildman–Crippen MR) is 192 cm³/mol. The molecule has 0 aromatic heterocycles. The lowest BCUT2D eigenvalue weighted by Crippen LogP contribution is -2.38. The second-order valence-electron chi connectivity index (χ2n) is 16.4. The fraction of sp³-hybridized carbons (Fsp3) is 0.780. The normalized spacial score (nSPS) is 30.9. The van der Waals surface area contributed by atoms with Gasteiger partial charge in [-0.05, 0) is 85.4 Å². The van der Waals surface area contributed by atoms with Gasteiger partial charge in [0.15, 0.2) is 0 Å². The van der Waals surface area contributed by atoms with Crippen molar-refractivity contribution in [2.45, 2.75) is 164 Å². The van der Waals surface area contributed by atoms with E-state index in [1.54, 1.807) is 6.08 Å². The van der Waals surface area contributed by atoms with E-state index in [4.69, 9.17) is 14.9 Å². The van der Waals surface area contributed by atoms with Gasteiger partial charge >= 0.3 is 17.9 Å². The topological polar surface area (TPSA) is 101 Å². The van der Waals surface area contributed by atoms with Crippen LogP contribution in [0.25, 0.3) is 0 Å². The highest BCUT2D eigenvalue weighted by molar-refractivity contribution is 5.81. The van der Waals surface area contributed by atoms with Crippen molar-refractivity contribution in [2.75, 3.05) is 0 Å². The first-order valence-corrected chi connectivity index (χ1v) is 18.7. The van der Waals surface area contributed by atoms with Crippen LogP contribution in [0.3, 0.4) is 0 Å². The third-order valence-electron chi connectivity index (χ3n) is 13.5. The van der Waals surface area contributed by atoms with Gasteiger partial charge in [0.2, 0.25) is 0 Å². The van der Waals surface area contributed by atoms with Crippen molar-refractivity contribution in [3.63, 3.8) is 0 Å². The van der Waals surface area contributed by atoms with Crippen LogP contribution in [-0.2, 0) is 19.1 Å². The number of esters is 1. The van der Waals surface area contributed by atoms with E-state index < -0.39 is 11.9 Å². The summed E-state index contributed by atoms with van der Waals surface area (Å²) >= 11 is 0. The zero-order valence-electron chi connectivity index (χ0n) is 31.0. The number of rotatable bonds is 16. The van der Waals surface area contributed by atoms with E-state index in [-0.39, 0.29) is 17.5 Å². The predicted octanol–water partition coefficient (Wildman–Crippen LogP) is 11.0. The zero-order valence-corrected chi connectivity index (χ0v) is 31.0. The summed E-state index contributed by atoms with van der Waals surface area (Å²) in [5, 5.41) is 17.1. The van der Waals surface area contributed by atoms with Gasteiger partial charge in [-0.25, -0.2) is 14.4 Å². The van der Waals surface area contributed by atoms with Crippen LogP contribution in [0.1, 0.15) is 158 Å². The third-order valence-corrected chi connectivity index (χ3v) is 13.5. The minimum absolute atomic E-state index is 0.0942. The molecule has 0 spiro atoms. The van der Waals surface area contributed by atoms with E-state index in [2.05, 4.69) is 55.0 Å². The van der Waals surface area contributed by atoms with Gasteiger partial charge in [0, 0.05) is 23.6 Å². The summed E-state index contributed by atoms with van der Waals surface area (Å²) < 4.78 is 5.48. The molecule has 4 aliphatic rings. The van der Waals surface area contributed by atoms with E-state index in [0.717, 1.165) is 25.2 Å². The molecule has 6 heteroatoms. The summed E-state index contributed by atoms with van der Waals surface area (Å²) in [4.78, 5) is 32.0. The molecule has 4 rings (SSSR count). The molecule has 4 fully saturated rings. The van der Waals surface area contributed by atoms with Crippen molar-refractivity contribution in [1.29, 1.82) is 0 Å². The molecule has 4 saturated carbocycles. The standard InChI is InChI=1S/C15H28O2.2C13H20O2/c1-2-3-4-5-6-7-8-9-10-11-12-13-14-15(16)17;1-12(2)9-6-7-13(12,3)10(8-9)4-5-11(14)15;1-5-11(14)15-10-8-9-6-7-13(10,4)12(9,2)3/h13-14H,2-12H2,1H3,(H,16,17);4-5,9-10H,6-8H2,1-3H3,(H,14,15);5,9-10H,1,6-8H2,2-4H3. The number of carbonyl (C=O) groups excluding carboxylic acids is 1. The van der Waals surface area contributed by atoms with Gasteiger partial charge in [-0.15, -0.1) is 0 Å². The van der Waals surface area contributed by atoms with Gasteiger partial charge in [0.1, 0.15) is 6.10 Å². The molecule has 0 amide bonds. The van der Waals surface area contributed by atoms with Crippen molar-refractivity contribution in [2.24, 2.45) is 39.4 Å². The average molecular weight is 657 g/mol. The quantitative estimate of drug-likeness (QED) is 0.0974. The monoisotopic (exact) mass is 657 g/mol. The van der Waals surface area contributed by atoms with E-state index in [0.29, 0.717) is 28.1 Å². The maximum atomic E-state index is 11.3. The number of hydrogen-bond donors (Lipinski definition) is 2. The molecular formula is C41H68O6. The number of unbranched alkanes of at least 4 members (excludes halogenated alkanes) is 10. The maximum Gasteiger partial charge on any atom is 0.330 e. The Bertz CT molecular complexity index is 1090. The number of aliphatic carboxylic acids is 2. The largest absolute Gasteiger partial charge is 0.478 e. The van der Waals surface area contributed by atoms with Crippen molar-refractivity contribution >= 4 is 17.9 Å². The first kappa shape index (κ1) is 40.8. The van der Waals surface area contributed by atoms with Crippen LogP contribution in [-0.4, -0.2) is 34.2 Å². The van der Waals surface area contributed by atoms with Gasteiger partial charge < -0.3 is 14.9 Å². The molecule has 0 aromatic carbocycles. The van der Waals surface area contributed by atoms with Gasteiger partial charge in [0.25, 0.3) is 0 Å². The molecule has 0 radical (unpaired) electrons. The summed E-state index contributed by atoms with van der Waals surface area (Å²) in [5.74, 6) is 0.0271. The Labute approximate surface area is 286 Å². The number of carboxylic acid groups (broad SMARTS) is 2. The van der Waals surface area contributed by atoms with Crippen molar-refractivity contribution in [1.82, 2.24) is 0 Å². The Hall–Kier alpha value is -2.37. The van der Waals surface area contributed by atoms with E-state index in [1.165, 1.54) is 108 Å². The SMILES string of the molecule is C=CC(=O)OC1CC2CCC1(C)C2(C)C.CC1(C)C2CCC1(C)C(C=CC(=O)O)C2.CCCCCCCCCCCCC=CC(=O)O. The minimum Gasteiger partial charge on any atom is -0.478 e. The highest BCUT2D eigenvalue weighted by atomic mass is 16.5. The number of ether oxygens (including phenoxy) is 1. The molecule has 0 aliphatic heterocycles. The van der Waals surface area contributed by atoms with Gasteiger partial charge in [-0.3, -0.25) is 0 Å². The van der Waals surface area contributed by atoms with Crippen LogP contribution in [0.15, 0.2) is 37.0 Å². The highest BCUT2D eigenvalue weighted by Crippen LogP contribution is 2.68. The Kier molecular flexibility index (Phi) is 16.0. The van der Waals surface area contributed by atoms with Crippen molar-refractivity contribution in [3.8, 4) is 0 Å². The fourth-order valence-electron chi connectivity index (χ4n) is 9.19. The summed E-state index contributed by atoms with van der Waals surface area (Å²) in [6.45, 7) is 19.6. The van der Waals surface area contributed by atoms with Crippen LogP contribution >= 0.6 is 0 Å². The summed E-state index contributed by atoms with van der Waals surface area (Å²) in [6, 6.07) is 0.